The number of likely N-dealkylation sites (tertiary alicyclic amines) is 1. The van der Waals surface area contributed by atoms with E-state index in [-0.39, 0.29) is 24.9 Å². The summed E-state index contributed by atoms with van der Waals surface area (Å²) in [7, 11) is 0. The van der Waals surface area contributed by atoms with Crippen molar-refractivity contribution in [1.29, 1.82) is 0 Å². The van der Waals surface area contributed by atoms with Gasteiger partial charge in [0.1, 0.15) is 0 Å². The van der Waals surface area contributed by atoms with Crippen molar-refractivity contribution >= 4 is 17.6 Å². The molecule has 7 heteroatoms. The lowest BCUT2D eigenvalue weighted by atomic mass is 10.1. The van der Waals surface area contributed by atoms with Gasteiger partial charge < -0.3 is 16.4 Å². The minimum Gasteiger partial charge on any atom is -0.369 e. The lowest BCUT2D eigenvalue weighted by Crippen LogP contribution is -2.38. The summed E-state index contributed by atoms with van der Waals surface area (Å²) < 4.78 is 26.3. The largest absolute Gasteiger partial charge is 0.369 e. The molecule has 1 aliphatic rings. The molecular weight excluding hydrogens is 288 g/mol. The summed E-state index contributed by atoms with van der Waals surface area (Å²) in [5.74, 6) is -2.78. The van der Waals surface area contributed by atoms with Gasteiger partial charge in [0, 0.05) is 13.0 Å². The van der Waals surface area contributed by atoms with Crippen molar-refractivity contribution in [3.05, 3.63) is 29.8 Å². The second-order valence-electron chi connectivity index (χ2n) is 5.35. The molecule has 1 aliphatic heterocycles. The zero-order chi connectivity index (χ0) is 16.2. The maximum absolute atomic E-state index is 13.2. The molecule has 0 radical (unpaired) electrons. The maximum Gasteiger partial charge on any atom is 0.267 e. The van der Waals surface area contributed by atoms with Crippen LogP contribution in [0.4, 0.5) is 14.5 Å². The number of aryl methyl sites for hydroxylation is 1. The van der Waals surface area contributed by atoms with Crippen molar-refractivity contribution in [2.75, 3.05) is 13.1 Å². The summed E-state index contributed by atoms with van der Waals surface area (Å²) in [6.45, 7) is 1.82. The predicted molar refractivity (Wildman–Crippen MR) is 84.5 cm³/mol. The Labute approximate surface area is 128 Å². The Morgan fingerprint density at radius 1 is 1.32 bits per heavy atom. The average Bonchev–Trinajstić information content (AvgIpc) is 2.81. The fourth-order valence-electron chi connectivity index (χ4n) is 2.37. The molecule has 1 aromatic rings. The van der Waals surface area contributed by atoms with E-state index in [0.717, 1.165) is 24.1 Å². The van der Waals surface area contributed by atoms with Crippen LogP contribution in [0, 0.1) is 0 Å². The Bertz CT molecular complexity index is 583. The van der Waals surface area contributed by atoms with E-state index in [1.54, 1.807) is 0 Å². The zero-order valence-electron chi connectivity index (χ0n) is 12.6. The van der Waals surface area contributed by atoms with Crippen molar-refractivity contribution in [1.82, 2.24) is 4.90 Å². The van der Waals surface area contributed by atoms with Gasteiger partial charge in [-0.1, -0.05) is 31.5 Å². The lowest BCUT2D eigenvalue weighted by molar-refractivity contribution is 0.0175. The SMILES string of the molecule is CCCc1ccccc1N=C(N)N=C(N)N1CCC(F)(F)C1. The van der Waals surface area contributed by atoms with Crippen LogP contribution in [0.15, 0.2) is 34.3 Å². The highest BCUT2D eigenvalue weighted by atomic mass is 19.3. The summed E-state index contributed by atoms with van der Waals surface area (Å²) >= 11 is 0. The molecule has 0 bridgehead atoms. The molecule has 0 saturated carbocycles. The number of hydrogen-bond acceptors (Lipinski definition) is 1. The second-order valence-corrected chi connectivity index (χ2v) is 5.35. The molecule has 1 saturated heterocycles. The third-order valence-electron chi connectivity index (χ3n) is 3.47. The first-order chi connectivity index (χ1) is 10.4. The number of guanidine groups is 2. The molecule has 0 atom stereocenters. The quantitative estimate of drug-likeness (QED) is 0.664. The minimum absolute atomic E-state index is 0.0219. The molecule has 1 fully saturated rings. The Hall–Kier alpha value is -2.18. The predicted octanol–water partition coefficient (Wildman–Crippen LogP) is 2.24. The van der Waals surface area contributed by atoms with Gasteiger partial charge in [-0.3, -0.25) is 0 Å². The van der Waals surface area contributed by atoms with Crippen molar-refractivity contribution in [2.45, 2.75) is 32.1 Å². The molecule has 0 aromatic heterocycles. The number of rotatable bonds is 3. The molecule has 120 valence electrons. The summed E-state index contributed by atoms with van der Waals surface area (Å²) in [6.07, 6.45) is 1.64. The van der Waals surface area contributed by atoms with E-state index < -0.39 is 12.5 Å². The van der Waals surface area contributed by atoms with Gasteiger partial charge in [0.2, 0.25) is 5.96 Å². The van der Waals surface area contributed by atoms with E-state index in [2.05, 4.69) is 16.9 Å². The standard InChI is InChI=1S/C15H21F2N5/c1-2-5-11-6-3-4-7-12(11)20-13(18)21-14(19)22-9-8-15(16,17)10-22/h3-4,6-7H,2,5,8-10H2,1H3,(H4,18,19,20,21). The molecule has 5 nitrogen and oxygen atoms in total. The molecule has 0 aliphatic carbocycles. The van der Waals surface area contributed by atoms with Crippen molar-refractivity contribution in [3.8, 4) is 0 Å². The molecule has 22 heavy (non-hydrogen) atoms. The van der Waals surface area contributed by atoms with Crippen LogP contribution >= 0.6 is 0 Å². The first kappa shape index (κ1) is 16.2. The highest BCUT2D eigenvalue weighted by Gasteiger charge is 2.39. The van der Waals surface area contributed by atoms with Crippen LogP contribution in [0.1, 0.15) is 25.3 Å². The molecule has 1 heterocycles. The number of nitrogens with two attached hydrogens (primary N) is 2. The number of para-hydroxylation sites is 1. The van der Waals surface area contributed by atoms with E-state index >= 15 is 0 Å². The van der Waals surface area contributed by atoms with Gasteiger partial charge in [-0.05, 0) is 18.1 Å². The molecule has 1 aromatic carbocycles. The van der Waals surface area contributed by atoms with Crippen LogP contribution in [0.3, 0.4) is 0 Å². The monoisotopic (exact) mass is 309 g/mol. The van der Waals surface area contributed by atoms with Gasteiger partial charge in [-0.15, -0.1) is 0 Å². The third kappa shape index (κ3) is 4.16. The normalized spacial score (nSPS) is 18.8. The molecule has 4 N–H and O–H groups in total. The first-order valence-corrected chi connectivity index (χ1v) is 7.30. The Morgan fingerprint density at radius 3 is 2.68 bits per heavy atom. The second kappa shape index (κ2) is 6.72. The number of benzene rings is 1. The Kier molecular flexibility index (Phi) is 4.95. The molecular formula is C15H21F2N5. The zero-order valence-corrected chi connectivity index (χ0v) is 12.6. The van der Waals surface area contributed by atoms with E-state index in [0.29, 0.717) is 0 Å². The number of alkyl halides is 2. The number of nitrogens with zero attached hydrogens (tertiary/aromatic N) is 3. The topological polar surface area (TPSA) is 80.0 Å². The summed E-state index contributed by atoms with van der Waals surface area (Å²) in [5, 5.41) is 0. The van der Waals surface area contributed by atoms with Gasteiger partial charge in [0.25, 0.3) is 5.92 Å². The fourth-order valence-corrected chi connectivity index (χ4v) is 2.37. The smallest absolute Gasteiger partial charge is 0.267 e. The van der Waals surface area contributed by atoms with Crippen LogP contribution in [-0.2, 0) is 6.42 Å². The van der Waals surface area contributed by atoms with E-state index in [1.165, 1.54) is 4.90 Å². The highest BCUT2D eigenvalue weighted by molar-refractivity contribution is 5.94. The van der Waals surface area contributed by atoms with Gasteiger partial charge in [0.15, 0.2) is 5.96 Å². The molecule has 0 unspecified atom stereocenters. The van der Waals surface area contributed by atoms with E-state index in [9.17, 15) is 8.78 Å². The Morgan fingerprint density at radius 2 is 2.05 bits per heavy atom. The lowest BCUT2D eigenvalue weighted by Gasteiger charge is -2.16. The van der Waals surface area contributed by atoms with Crippen LogP contribution in [0.2, 0.25) is 0 Å². The highest BCUT2D eigenvalue weighted by Crippen LogP contribution is 2.26. The van der Waals surface area contributed by atoms with Gasteiger partial charge in [-0.2, -0.15) is 4.99 Å². The van der Waals surface area contributed by atoms with Crippen molar-refractivity contribution in [3.63, 3.8) is 0 Å². The van der Waals surface area contributed by atoms with Crippen molar-refractivity contribution in [2.24, 2.45) is 21.5 Å². The Balaban J connectivity index is 2.14. The molecule has 2 rings (SSSR count). The third-order valence-corrected chi connectivity index (χ3v) is 3.47. The van der Waals surface area contributed by atoms with Gasteiger partial charge in [0.05, 0.1) is 12.2 Å². The molecule has 0 amide bonds. The average molecular weight is 309 g/mol. The van der Waals surface area contributed by atoms with E-state index in [1.807, 2.05) is 24.3 Å². The van der Waals surface area contributed by atoms with Crippen LogP contribution in [-0.4, -0.2) is 35.8 Å². The van der Waals surface area contributed by atoms with E-state index in [4.69, 9.17) is 11.5 Å². The maximum atomic E-state index is 13.2. The van der Waals surface area contributed by atoms with Crippen LogP contribution in [0.5, 0.6) is 0 Å². The van der Waals surface area contributed by atoms with Gasteiger partial charge in [-0.25, -0.2) is 13.8 Å². The number of halogens is 2. The number of hydrogen-bond donors (Lipinski definition) is 2. The van der Waals surface area contributed by atoms with Crippen LogP contribution in [0.25, 0.3) is 0 Å². The summed E-state index contributed by atoms with van der Waals surface area (Å²) in [4.78, 5) is 9.49. The summed E-state index contributed by atoms with van der Waals surface area (Å²) in [6, 6.07) is 7.61. The van der Waals surface area contributed by atoms with Gasteiger partial charge >= 0.3 is 0 Å². The fraction of sp³-hybridized carbons (Fsp3) is 0.467. The summed E-state index contributed by atoms with van der Waals surface area (Å²) in [5.41, 5.74) is 13.3. The van der Waals surface area contributed by atoms with Crippen molar-refractivity contribution < 1.29 is 8.78 Å². The van der Waals surface area contributed by atoms with Crippen LogP contribution < -0.4 is 11.5 Å². The first-order valence-electron chi connectivity index (χ1n) is 7.30. The molecule has 0 spiro atoms. The number of aliphatic imine (C=N–C) groups is 2. The minimum atomic E-state index is -2.72.